The van der Waals surface area contributed by atoms with Gasteiger partial charge in [0.15, 0.2) is 5.69 Å². The molecule has 0 bridgehead atoms. The molecule has 2 aliphatic rings. The van der Waals surface area contributed by atoms with Gasteiger partial charge in [0.1, 0.15) is 5.76 Å². The first kappa shape index (κ1) is 16.4. The highest BCUT2D eigenvalue weighted by atomic mass is 32.2. The fourth-order valence-electron chi connectivity index (χ4n) is 2.77. The van der Waals surface area contributed by atoms with E-state index in [2.05, 4.69) is 10.5 Å². The first-order valence-corrected chi connectivity index (χ1v) is 9.86. The molecule has 0 unspecified atom stereocenters. The van der Waals surface area contributed by atoms with E-state index in [1.807, 2.05) is 6.92 Å². The zero-order valence-corrected chi connectivity index (χ0v) is 14.1. The van der Waals surface area contributed by atoms with Gasteiger partial charge in [0.05, 0.1) is 5.75 Å². The van der Waals surface area contributed by atoms with Crippen molar-refractivity contribution in [3.8, 4) is 0 Å². The van der Waals surface area contributed by atoms with Crippen molar-refractivity contribution in [2.24, 2.45) is 0 Å². The van der Waals surface area contributed by atoms with Crippen LogP contribution in [-0.4, -0.2) is 48.7 Å². The van der Waals surface area contributed by atoms with Crippen molar-refractivity contribution in [3.05, 3.63) is 17.5 Å². The minimum atomic E-state index is -3.21. The van der Waals surface area contributed by atoms with Crippen LogP contribution in [0.25, 0.3) is 0 Å². The third-order valence-electron chi connectivity index (χ3n) is 4.38. The van der Waals surface area contributed by atoms with Crippen molar-refractivity contribution < 1.29 is 17.7 Å². The SMILES string of the molecule is CCCCS(=O)(=O)N1CC[C@H](NC(=O)c2cc(C3CC3)on2)C1. The normalized spacial score (nSPS) is 22.4. The van der Waals surface area contributed by atoms with Gasteiger partial charge in [-0.1, -0.05) is 18.5 Å². The van der Waals surface area contributed by atoms with E-state index in [1.165, 1.54) is 4.31 Å². The van der Waals surface area contributed by atoms with Crippen molar-refractivity contribution >= 4 is 15.9 Å². The molecular formula is C15H23N3O4S. The van der Waals surface area contributed by atoms with Crippen LogP contribution >= 0.6 is 0 Å². The molecule has 1 amide bonds. The molecule has 1 aromatic rings. The van der Waals surface area contributed by atoms with Gasteiger partial charge in [-0.2, -0.15) is 4.31 Å². The predicted molar refractivity (Wildman–Crippen MR) is 84.6 cm³/mol. The van der Waals surface area contributed by atoms with Crippen molar-refractivity contribution in [2.75, 3.05) is 18.8 Å². The lowest BCUT2D eigenvalue weighted by molar-refractivity contribution is 0.0929. The van der Waals surface area contributed by atoms with Crippen molar-refractivity contribution in [3.63, 3.8) is 0 Å². The van der Waals surface area contributed by atoms with E-state index in [-0.39, 0.29) is 23.4 Å². The van der Waals surface area contributed by atoms with E-state index in [1.54, 1.807) is 6.07 Å². The minimum absolute atomic E-state index is 0.167. The Kier molecular flexibility index (Phi) is 4.72. The van der Waals surface area contributed by atoms with Gasteiger partial charge >= 0.3 is 0 Å². The average Bonchev–Trinajstić information content (AvgIpc) is 3.06. The Labute approximate surface area is 136 Å². The zero-order valence-electron chi connectivity index (χ0n) is 13.3. The summed E-state index contributed by atoms with van der Waals surface area (Å²) < 4.78 is 31.0. The number of hydrogen-bond donors (Lipinski definition) is 1. The van der Waals surface area contributed by atoms with Crippen molar-refractivity contribution in [1.29, 1.82) is 0 Å². The standard InChI is InChI=1S/C15H23N3O4S/c1-2-3-8-23(20,21)18-7-6-12(10-18)16-15(19)13-9-14(22-17-13)11-4-5-11/h9,11-12H,2-8,10H2,1H3,(H,16,19)/t12-/m0/s1. The van der Waals surface area contributed by atoms with Gasteiger partial charge in [-0.25, -0.2) is 8.42 Å². The maximum atomic E-state index is 12.2. The lowest BCUT2D eigenvalue weighted by Gasteiger charge is -2.16. The molecule has 128 valence electrons. The van der Waals surface area contributed by atoms with Crippen LogP contribution in [0.5, 0.6) is 0 Å². The van der Waals surface area contributed by atoms with Crippen LogP contribution in [0.3, 0.4) is 0 Å². The first-order valence-electron chi connectivity index (χ1n) is 8.25. The van der Waals surface area contributed by atoms with E-state index < -0.39 is 10.0 Å². The number of carbonyl (C=O) groups excluding carboxylic acids is 1. The number of nitrogens with zero attached hydrogens (tertiary/aromatic N) is 2. The summed E-state index contributed by atoms with van der Waals surface area (Å²) in [5.41, 5.74) is 0.277. The number of rotatable bonds is 7. The van der Waals surface area contributed by atoms with Gasteiger partial charge in [-0.05, 0) is 25.7 Å². The molecule has 0 radical (unpaired) electrons. The number of unbranched alkanes of at least 4 members (excludes halogenated alkanes) is 1. The maximum Gasteiger partial charge on any atom is 0.273 e. The highest BCUT2D eigenvalue weighted by Crippen LogP contribution is 2.40. The van der Waals surface area contributed by atoms with E-state index in [9.17, 15) is 13.2 Å². The van der Waals surface area contributed by atoms with E-state index >= 15 is 0 Å². The Morgan fingerprint density at radius 2 is 2.22 bits per heavy atom. The molecule has 1 N–H and O–H groups in total. The van der Waals surface area contributed by atoms with Crippen LogP contribution in [0, 0.1) is 0 Å². The predicted octanol–water partition coefficient (Wildman–Crippen LogP) is 1.49. The van der Waals surface area contributed by atoms with Crippen LogP contribution in [0.2, 0.25) is 0 Å². The second-order valence-electron chi connectivity index (χ2n) is 6.38. The highest BCUT2D eigenvalue weighted by Gasteiger charge is 2.33. The Morgan fingerprint density at radius 3 is 2.91 bits per heavy atom. The summed E-state index contributed by atoms with van der Waals surface area (Å²) in [6.45, 7) is 2.77. The van der Waals surface area contributed by atoms with Crippen molar-refractivity contribution in [2.45, 2.75) is 51.0 Å². The number of amides is 1. The summed E-state index contributed by atoms with van der Waals surface area (Å²) in [7, 11) is -3.21. The summed E-state index contributed by atoms with van der Waals surface area (Å²) in [6, 6.07) is 1.53. The molecule has 0 aromatic carbocycles. The zero-order chi connectivity index (χ0) is 16.4. The molecule has 1 saturated carbocycles. The van der Waals surface area contributed by atoms with Gasteiger partial charge in [-0.3, -0.25) is 4.79 Å². The molecule has 1 aromatic heterocycles. The third kappa shape index (κ3) is 3.92. The quantitative estimate of drug-likeness (QED) is 0.811. The van der Waals surface area contributed by atoms with Gasteiger partial charge in [0, 0.05) is 31.1 Å². The van der Waals surface area contributed by atoms with Gasteiger partial charge in [0.2, 0.25) is 10.0 Å². The topological polar surface area (TPSA) is 92.5 Å². The van der Waals surface area contributed by atoms with Gasteiger partial charge in [0.25, 0.3) is 5.91 Å². The average molecular weight is 341 g/mol. The lowest BCUT2D eigenvalue weighted by atomic mass is 10.2. The summed E-state index contributed by atoms with van der Waals surface area (Å²) in [4.78, 5) is 12.2. The molecular weight excluding hydrogens is 318 g/mol. The fourth-order valence-corrected chi connectivity index (χ4v) is 4.47. The largest absolute Gasteiger partial charge is 0.360 e. The Balaban J connectivity index is 1.53. The molecule has 1 aliphatic carbocycles. The highest BCUT2D eigenvalue weighted by molar-refractivity contribution is 7.89. The van der Waals surface area contributed by atoms with E-state index in [0.717, 1.165) is 25.0 Å². The summed E-state index contributed by atoms with van der Waals surface area (Å²) in [5, 5.41) is 6.67. The molecule has 2 heterocycles. The Bertz CT molecular complexity index is 666. The summed E-state index contributed by atoms with van der Waals surface area (Å²) in [6.07, 6.45) is 4.32. The smallest absolute Gasteiger partial charge is 0.273 e. The van der Waals surface area contributed by atoms with Gasteiger partial charge < -0.3 is 9.84 Å². The van der Waals surface area contributed by atoms with Crippen LogP contribution in [0.1, 0.15) is 61.2 Å². The number of hydrogen-bond acceptors (Lipinski definition) is 5. The molecule has 8 heteroatoms. The number of nitrogens with one attached hydrogen (secondary N) is 1. The maximum absolute atomic E-state index is 12.2. The third-order valence-corrected chi connectivity index (χ3v) is 6.30. The fraction of sp³-hybridized carbons (Fsp3) is 0.733. The summed E-state index contributed by atoms with van der Waals surface area (Å²) in [5.74, 6) is 1.07. The molecule has 1 saturated heterocycles. The van der Waals surface area contributed by atoms with Crippen LogP contribution in [-0.2, 0) is 10.0 Å². The van der Waals surface area contributed by atoms with Crippen LogP contribution in [0.4, 0.5) is 0 Å². The second kappa shape index (κ2) is 6.60. The molecule has 1 atom stereocenters. The van der Waals surface area contributed by atoms with Crippen molar-refractivity contribution in [1.82, 2.24) is 14.8 Å². The molecule has 2 fully saturated rings. The second-order valence-corrected chi connectivity index (χ2v) is 8.46. The lowest BCUT2D eigenvalue weighted by Crippen LogP contribution is -2.39. The molecule has 1 aliphatic heterocycles. The Hall–Kier alpha value is -1.41. The van der Waals surface area contributed by atoms with Crippen LogP contribution < -0.4 is 5.32 Å². The van der Waals surface area contributed by atoms with E-state index in [4.69, 9.17) is 4.52 Å². The molecule has 23 heavy (non-hydrogen) atoms. The Morgan fingerprint density at radius 1 is 1.43 bits per heavy atom. The monoisotopic (exact) mass is 341 g/mol. The van der Waals surface area contributed by atoms with E-state index in [0.29, 0.717) is 31.8 Å². The minimum Gasteiger partial charge on any atom is -0.360 e. The van der Waals surface area contributed by atoms with Crippen LogP contribution in [0.15, 0.2) is 10.6 Å². The number of sulfonamides is 1. The van der Waals surface area contributed by atoms with Gasteiger partial charge in [-0.15, -0.1) is 0 Å². The first-order chi connectivity index (χ1) is 11.0. The number of carbonyl (C=O) groups is 1. The number of aromatic nitrogens is 1. The molecule has 3 rings (SSSR count). The molecule has 0 spiro atoms. The molecule has 7 nitrogen and oxygen atoms in total. The summed E-state index contributed by atoms with van der Waals surface area (Å²) >= 11 is 0.